The maximum absolute atomic E-state index is 5.35. The van der Waals surface area contributed by atoms with Crippen LogP contribution in [-0.2, 0) is 21.7 Å². The van der Waals surface area contributed by atoms with Gasteiger partial charge < -0.3 is 0 Å². The van der Waals surface area contributed by atoms with Gasteiger partial charge in [-0.1, -0.05) is 0 Å². The van der Waals surface area contributed by atoms with Gasteiger partial charge in [0.1, 0.15) is 0 Å². The van der Waals surface area contributed by atoms with Crippen molar-refractivity contribution < 1.29 is 0 Å². The fourth-order valence-electron chi connectivity index (χ4n) is 6.84. The molecule has 3 aliphatic rings. The summed E-state index contributed by atoms with van der Waals surface area (Å²) in [5.41, 5.74) is 5.65. The summed E-state index contributed by atoms with van der Waals surface area (Å²) in [4.78, 5) is 0. The van der Waals surface area contributed by atoms with E-state index in [-0.39, 0.29) is 45.5 Å². The molecule has 0 saturated heterocycles. The molecule has 2 aliphatic carbocycles. The summed E-state index contributed by atoms with van der Waals surface area (Å²) >= 11 is 0.179. The van der Waals surface area contributed by atoms with Gasteiger partial charge in [0.05, 0.1) is 0 Å². The topological polar surface area (TPSA) is 24.7 Å². The number of azo groups is 1. The number of hydrogen-bond donors (Lipinski definition) is 0. The van der Waals surface area contributed by atoms with Gasteiger partial charge in [0.15, 0.2) is 0 Å². The molecule has 0 saturated carbocycles. The summed E-state index contributed by atoms with van der Waals surface area (Å²) in [5.74, 6) is 0. The molecule has 2 spiro atoms. The van der Waals surface area contributed by atoms with Crippen molar-refractivity contribution in [3.05, 3.63) is 70.8 Å². The van der Waals surface area contributed by atoms with Crippen molar-refractivity contribution in [2.45, 2.75) is 85.9 Å². The molecule has 3 heteroatoms. The van der Waals surface area contributed by atoms with Crippen LogP contribution in [0.25, 0.3) is 0 Å². The Morgan fingerprint density at radius 1 is 0.483 bits per heavy atom. The van der Waals surface area contributed by atoms with Crippen LogP contribution in [0.5, 0.6) is 0 Å². The van der Waals surface area contributed by atoms with Crippen molar-refractivity contribution in [3.8, 4) is 0 Å². The molecule has 0 amide bonds. The van der Waals surface area contributed by atoms with E-state index >= 15 is 0 Å². The van der Waals surface area contributed by atoms with Crippen LogP contribution in [0, 0.1) is 0 Å². The number of hydrogen-bond acceptors (Lipinski definition) is 2. The standard InChI is InChI=1S/C26H32N2Se/c1-21(2)17-13-9-10-14-18(17)22(3,4)25(21)27-28-26(29-25)23(5,6)19-15-11-12-16-20(19)24(26,7)8/h9-16H,1-8H3. The van der Waals surface area contributed by atoms with Crippen LogP contribution in [0.1, 0.15) is 77.6 Å². The van der Waals surface area contributed by atoms with Gasteiger partial charge in [-0.3, -0.25) is 0 Å². The van der Waals surface area contributed by atoms with E-state index in [1.165, 1.54) is 22.3 Å². The van der Waals surface area contributed by atoms with Crippen LogP contribution in [-0.4, -0.2) is 23.8 Å². The molecule has 1 aliphatic heterocycles. The average molecular weight is 452 g/mol. The van der Waals surface area contributed by atoms with Crippen molar-refractivity contribution >= 4 is 15.0 Å². The summed E-state index contributed by atoms with van der Waals surface area (Å²) in [6, 6.07) is 18.0. The number of nitrogens with zero attached hydrogens (tertiary/aromatic N) is 2. The minimum atomic E-state index is -0.187. The molecule has 29 heavy (non-hydrogen) atoms. The van der Waals surface area contributed by atoms with Gasteiger partial charge in [-0.25, -0.2) is 0 Å². The Hall–Kier alpha value is -1.44. The van der Waals surface area contributed by atoms with Crippen molar-refractivity contribution in [2.24, 2.45) is 10.2 Å². The van der Waals surface area contributed by atoms with Crippen LogP contribution >= 0.6 is 0 Å². The van der Waals surface area contributed by atoms with Crippen molar-refractivity contribution in [1.82, 2.24) is 0 Å². The second-order valence-corrected chi connectivity index (χ2v) is 14.1. The molecule has 0 fully saturated rings. The van der Waals surface area contributed by atoms with Crippen LogP contribution < -0.4 is 0 Å². The zero-order chi connectivity index (χ0) is 21.1. The van der Waals surface area contributed by atoms with E-state index in [2.05, 4.69) is 104 Å². The number of benzene rings is 2. The average Bonchev–Trinajstić information content (AvgIpc) is 3.21. The molecule has 2 aromatic rings. The summed E-state index contributed by atoms with van der Waals surface area (Å²) in [7, 11) is 0. The molecule has 1 heterocycles. The van der Waals surface area contributed by atoms with E-state index < -0.39 is 0 Å². The maximum atomic E-state index is 5.35. The van der Waals surface area contributed by atoms with E-state index in [0.717, 1.165) is 0 Å². The first-order valence-corrected chi connectivity index (χ1v) is 12.4. The fraction of sp³-hybridized carbons (Fsp3) is 0.538. The van der Waals surface area contributed by atoms with Crippen molar-refractivity contribution in [3.63, 3.8) is 0 Å². The molecule has 0 N–H and O–H groups in total. The Morgan fingerprint density at radius 3 is 0.966 bits per heavy atom. The van der Waals surface area contributed by atoms with Gasteiger partial charge >= 0.3 is 182 Å². The number of rotatable bonds is 0. The molecule has 0 radical (unpaired) electrons. The predicted octanol–water partition coefficient (Wildman–Crippen LogP) is 6.09. The van der Waals surface area contributed by atoms with Crippen molar-refractivity contribution in [2.75, 3.05) is 0 Å². The fourth-order valence-corrected chi connectivity index (χ4v) is 11.1. The Morgan fingerprint density at radius 2 is 0.724 bits per heavy atom. The molecular weight excluding hydrogens is 419 g/mol. The molecule has 5 rings (SSSR count). The second-order valence-electron chi connectivity index (χ2n) is 11.2. The van der Waals surface area contributed by atoms with Crippen LogP contribution in [0.3, 0.4) is 0 Å². The molecule has 152 valence electrons. The minimum absolute atomic E-state index is 0.0406. The quantitative estimate of drug-likeness (QED) is 0.433. The molecule has 0 unspecified atom stereocenters. The summed E-state index contributed by atoms with van der Waals surface area (Å²) in [6.45, 7) is 19.2. The van der Waals surface area contributed by atoms with E-state index in [1.54, 1.807) is 0 Å². The Labute approximate surface area is 181 Å². The second kappa shape index (κ2) is 5.24. The Bertz CT molecular complexity index is 904. The third kappa shape index (κ3) is 1.83. The number of fused-ring (bicyclic) bond motifs is 2. The van der Waals surface area contributed by atoms with Gasteiger partial charge in [0.2, 0.25) is 0 Å². The van der Waals surface area contributed by atoms with Gasteiger partial charge in [-0.15, -0.1) is 0 Å². The van der Waals surface area contributed by atoms with E-state index in [1.807, 2.05) is 0 Å². The van der Waals surface area contributed by atoms with Gasteiger partial charge in [-0.2, -0.15) is 0 Å². The summed E-state index contributed by atoms with van der Waals surface area (Å²) < 4.78 is -0.374. The van der Waals surface area contributed by atoms with E-state index in [9.17, 15) is 0 Å². The zero-order valence-corrected chi connectivity index (χ0v) is 20.6. The molecule has 0 atom stereocenters. The first kappa shape index (κ1) is 19.5. The van der Waals surface area contributed by atoms with Gasteiger partial charge in [-0.05, 0) is 0 Å². The SMILES string of the molecule is CC1(C)c2ccccc2C(C)(C)C12N=NC1([Se]2)C(C)(C)c2ccccc2C1(C)C. The molecular formula is C26H32N2Se. The summed E-state index contributed by atoms with van der Waals surface area (Å²) in [6.07, 6.45) is 0. The Balaban J connectivity index is 1.75. The molecule has 0 aromatic heterocycles. The van der Waals surface area contributed by atoms with E-state index in [0.29, 0.717) is 0 Å². The van der Waals surface area contributed by atoms with Gasteiger partial charge in [0.25, 0.3) is 0 Å². The monoisotopic (exact) mass is 452 g/mol. The zero-order valence-electron chi connectivity index (χ0n) is 18.9. The predicted molar refractivity (Wildman–Crippen MR) is 121 cm³/mol. The molecule has 0 bridgehead atoms. The normalized spacial score (nSPS) is 27.3. The van der Waals surface area contributed by atoms with Crippen LogP contribution in [0.2, 0.25) is 0 Å². The molecule has 2 aromatic carbocycles. The van der Waals surface area contributed by atoms with Crippen LogP contribution in [0.4, 0.5) is 0 Å². The van der Waals surface area contributed by atoms with E-state index in [4.69, 9.17) is 10.2 Å². The first-order valence-electron chi connectivity index (χ1n) is 10.7. The van der Waals surface area contributed by atoms with Gasteiger partial charge in [0, 0.05) is 0 Å². The van der Waals surface area contributed by atoms with Crippen LogP contribution in [0.15, 0.2) is 58.8 Å². The van der Waals surface area contributed by atoms with Crippen molar-refractivity contribution in [1.29, 1.82) is 0 Å². The first-order chi connectivity index (χ1) is 13.4. The third-order valence-electron chi connectivity index (χ3n) is 8.56. The summed E-state index contributed by atoms with van der Waals surface area (Å²) in [5, 5.41) is 10.7. The Kier molecular flexibility index (Phi) is 3.52. The third-order valence-corrected chi connectivity index (χ3v) is 14.4. The molecule has 2 nitrogen and oxygen atoms in total.